The van der Waals surface area contributed by atoms with Crippen molar-refractivity contribution < 1.29 is 40.8 Å². The maximum atomic E-state index is 12.6. The second-order valence-corrected chi connectivity index (χ2v) is 6.07. The van der Waals surface area contributed by atoms with Crippen molar-refractivity contribution in [2.75, 3.05) is 13.2 Å². The normalized spacial score (nSPS) is 12.9. The third-order valence-electron chi connectivity index (χ3n) is 2.52. The van der Waals surface area contributed by atoms with Crippen molar-refractivity contribution in [3.05, 3.63) is 0 Å². The van der Waals surface area contributed by atoms with E-state index in [1.54, 1.807) is 20.8 Å². The van der Waals surface area contributed by atoms with Gasteiger partial charge in [-0.25, -0.2) is 13.2 Å². The number of carbonyl (C=O) groups excluding carboxylic acids is 2. The SMILES string of the molecule is CCC(C)(C)C(=O)OCC(=O)OCC(F)(F)S(=O)(=O)[O-]. The van der Waals surface area contributed by atoms with E-state index in [2.05, 4.69) is 9.47 Å². The van der Waals surface area contributed by atoms with E-state index < -0.39 is 45.9 Å². The van der Waals surface area contributed by atoms with Crippen LogP contribution in [0.3, 0.4) is 0 Å². The summed E-state index contributed by atoms with van der Waals surface area (Å²) in [5, 5.41) is -4.73. The maximum Gasteiger partial charge on any atom is 0.367 e. The van der Waals surface area contributed by atoms with Gasteiger partial charge in [0.2, 0.25) is 0 Å². The molecule has 0 aliphatic rings. The van der Waals surface area contributed by atoms with Gasteiger partial charge in [-0.2, -0.15) is 8.78 Å². The zero-order chi connectivity index (χ0) is 16.2. The quantitative estimate of drug-likeness (QED) is 0.500. The van der Waals surface area contributed by atoms with Gasteiger partial charge in [0.25, 0.3) is 0 Å². The highest BCUT2D eigenvalue weighted by atomic mass is 32.2. The van der Waals surface area contributed by atoms with Crippen molar-refractivity contribution in [1.29, 1.82) is 0 Å². The van der Waals surface area contributed by atoms with Crippen LogP contribution in [0.5, 0.6) is 0 Å². The summed E-state index contributed by atoms with van der Waals surface area (Å²) in [6.07, 6.45) is 0.424. The molecule has 0 aliphatic heterocycles. The number of carbonyl (C=O) groups is 2. The lowest BCUT2D eigenvalue weighted by atomic mass is 9.91. The number of hydrogen-bond acceptors (Lipinski definition) is 7. The van der Waals surface area contributed by atoms with Crippen LogP contribution in [0.25, 0.3) is 0 Å². The molecule has 0 heterocycles. The standard InChI is InChI=1S/C10H16F2O7S/c1-4-9(2,3)8(14)18-5-7(13)19-6-10(11,12)20(15,16)17/h4-6H2,1-3H3,(H,15,16,17)/p-1. The van der Waals surface area contributed by atoms with Crippen molar-refractivity contribution >= 4 is 22.1 Å². The summed E-state index contributed by atoms with van der Waals surface area (Å²) in [6, 6.07) is 0. The lowest BCUT2D eigenvalue weighted by Crippen LogP contribution is -2.36. The zero-order valence-electron chi connectivity index (χ0n) is 11.1. The van der Waals surface area contributed by atoms with Gasteiger partial charge >= 0.3 is 17.2 Å². The van der Waals surface area contributed by atoms with Gasteiger partial charge < -0.3 is 14.0 Å². The van der Waals surface area contributed by atoms with Gasteiger partial charge in [0, 0.05) is 0 Å². The van der Waals surface area contributed by atoms with E-state index in [1.165, 1.54) is 0 Å². The Balaban J connectivity index is 4.32. The summed E-state index contributed by atoms with van der Waals surface area (Å²) >= 11 is 0. The second kappa shape index (κ2) is 6.44. The van der Waals surface area contributed by atoms with Gasteiger partial charge in [-0.3, -0.25) is 4.79 Å². The van der Waals surface area contributed by atoms with Gasteiger partial charge in [0.05, 0.1) is 5.41 Å². The molecule has 0 aromatic carbocycles. The van der Waals surface area contributed by atoms with E-state index >= 15 is 0 Å². The maximum absolute atomic E-state index is 12.6. The third kappa shape index (κ3) is 5.37. The van der Waals surface area contributed by atoms with Crippen LogP contribution < -0.4 is 0 Å². The molecular weight excluding hydrogens is 302 g/mol. The number of halogens is 2. The van der Waals surface area contributed by atoms with E-state index in [1.807, 2.05) is 0 Å². The van der Waals surface area contributed by atoms with Gasteiger partial charge in [-0.05, 0) is 20.3 Å². The molecule has 10 heteroatoms. The average Bonchev–Trinajstić information content (AvgIpc) is 2.31. The molecule has 0 fully saturated rings. The molecule has 0 bridgehead atoms. The fourth-order valence-electron chi connectivity index (χ4n) is 0.743. The number of hydrogen-bond donors (Lipinski definition) is 0. The van der Waals surface area contributed by atoms with E-state index in [4.69, 9.17) is 0 Å². The van der Waals surface area contributed by atoms with E-state index in [0.717, 1.165) is 0 Å². The third-order valence-corrected chi connectivity index (χ3v) is 3.37. The first kappa shape index (κ1) is 18.7. The highest BCUT2D eigenvalue weighted by Gasteiger charge is 2.39. The minimum absolute atomic E-state index is 0.424. The summed E-state index contributed by atoms with van der Waals surface area (Å²) < 4.78 is 64.1. The van der Waals surface area contributed by atoms with Crippen LogP contribution in [-0.2, 0) is 29.2 Å². The van der Waals surface area contributed by atoms with Crippen LogP contribution in [0.1, 0.15) is 27.2 Å². The Hall–Kier alpha value is -1.29. The Kier molecular flexibility index (Phi) is 6.02. The van der Waals surface area contributed by atoms with Crippen LogP contribution >= 0.6 is 0 Å². The average molecular weight is 317 g/mol. The highest BCUT2D eigenvalue weighted by Crippen LogP contribution is 2.22. The molecule has 0 saturated carbocycles. The molecule has 0 aliphatic carbocycles. The largest absolute Gasteiger partial charge is 0.743 e. The molecule has 0 atom stereocenters. The van der Waals surface area contributed by atoms with Crippen molar-refractivity contribution in [1.82, 2.24) is 0 Å². The molecule has 118 valence electrons. The Morgan fingerprint density at radius 1 is 1.20 bits per heavy atom. The van der Waals surface area contributed by atoms with Gasteiger partial charge in [0.15, 0.2) is 23.3 Å². The van der Waals surface area contributed by atoms with Gasteiger partial charge in [-0.1, -0.05) is 6.92 Å². The lowest BCUT2D eigenvalue weighted by molar-refractivity contribution is -0.167. The summed E-state index contributed by atoms with van der Waals surface area (Å²) in [7, 11) is -5.92. The Morgan fingerprint density at radius 3 is 2.10 bits per heavy atom. The molecule has 0 radical (unpaired) electrons. The van der Waals surface area contributed by atoms with Crippen LogP contribution in [0, 0.1) is 5.41 Å². The fraction of sp³-hybridized carbons (Fsp3) is 0.800. The molecule has 0 aromatic heterocycles. The van der Waals surface area contributed by atoms with Crippen LogP contribution in [0.15, 0.2) is 0 Å². The number of esters is 2. The van der Waals surface area contributed by atoms with Crippen molar-refractivity contribution in [3.8, 4) is 0 Å². The second-order valence-electron chi connectivity index (χ2n) is 4.57. The molecule has 0 rings (SSSR count). The number of ether oxygens (including phenoxy) is 2. The summed E-state index contributed by atoms with van der Waals surface area (Å²) in [6.45, 7) is 1.94. The van der Waals surface area contributed by atoms with E-state index in [-0.39, 0.29) is 0 Å². The molecule has 0 amide bonds. The van der Waals surface area contributed by atoms with Gasteiger partial charge in [-0.15, -0.1) is 0 Å². The molecule has 20 heavy (non-hydrogen) atoms. The lowest BCUT2D eigenvalue weighted by Gasteiger charge is -2.21. The van der Waals surface area contributed by atoms with Crippen LogP contribution in [0.4, 0.5) is 8.78 Å². The van der Waals surface area contributed by atoms with Crippen molar-refractivity contribution in [2.45, 2.75) is 32.4 Å². The topological polar surface area (TPSA) is 110 Å². The van der Waals surface area contributed by atoms with E-state index in [0.29, 0.717) is 6.42 Å². The molecular formula is C10H15F2O7S-. The van der Waals surface area contributed by atoms with Crippen molar-refractivity contribution in [3.63, 3.8) is 0 Å². The predicted octanol–water partition coefficient (Wildman–Crippen LogP) is 0.647. The monoisotopic (exact) mass is 317 g/mol. The molecule has 0 N–H and O–H groups in total. The number of rotatable bonds is 7. The van der Waals surface area contributed by atoms with Crippen LogP contribution in [-0.4, -0.2) is 43.4 Å². The summed E-state index contributed by atoms with van der Waals surface area (Å²) in [5.41, 5.74) is -0.859. The fourth-order valence-corrected chi connectivity index (χ4v) is 0.946. The minimum Gasteiger partial charge on any atom is -0.743 e. The first-order chi connectivity index (χ1) is 8.83. The summed E-state index contributed by atoms with van der Waals surface area (Å²) in [4.78, 5) is 22.4. The molecule has 0 saturated heterocycles. The van der Waals surface area contributed by atoms with Crippen molar-refractivity contribution in [2.24, 2.45) is 5.41 Å². The summed E-state index contributed by atoms with van der Waals surface area (Å²) in [5.74, 6) is -2.12. The smallest absolute Gasteiger partial charge is 0.367 e. The van der Waals surface area contributed by atoms with E-state index in [9.17, 15) is 31.3 Å². The molecule has 0 unspecified atom stereocenters. The Morgan fingerprint density at radius 2 is 1.70 bits per heavy atom. The Labute approximate surface area is 115 Å². The zero-order valence-corrected chi connectivity index (χ0v) is 12.0. The molecule has 0 aromatic rings. The Bertz CT molecular complexity index is 470. The first-order valence-electron chi connectivity index (χ1n) is 5.49. The molecule has 7 nitrogen and oxygen atoms in total. The highest BCUT2D eigenvalue weighted by molar-refractivity contribution is 7.86. The number of alkyl halides is 2. The predicted molar refractivity (Wildman–Crippen MR) is 60.6 cm³/mol. The minimum atomic E-state index is -5.92. The van der Waals surface area contributed by atoms with Crippen LogP contribution in [0.2, 0.25) is 0 Å². The molecule has 0 spiro atoms. The first-order valence-corrected chi connectivity index (χ1v) is 6.90. The van der Waals surface area contributed by atoms with Gasteiger partial charge in [0.1, 0.15) is 0 Å².